The molecule has 14 heavy (non-hydrogen) atoms. The zero-order valence-corrected chi connectivity index (χ0v) is 10.6. The van der Waals surface area contributed by atoms with Gasteiger partial charge in [0.25, 0.3) is 0 Å². The fraction of sp³-hybridized carbons (Fsp3) is 1.00. The van der Waals surface area contributed by atoms with Crippen LogP contribution in [-0.2, 0) is 0 Å². The molecule has 0 amide bonds. The van der Waals surface area contributed by atoms with Gasteiger partial charge in [-0.1, -0.05) is 34.6 Å². The highest BCUT2D eigenvalue weighted by Crippen LogP contribution is 2.50. The largest absolute Gasteiger partial charge is 0.316 e. The topological polar surface area (TPSA) is 12.0 Å². The fourth-order valence-corrected chi connectivity index (χ4v) is 2.20. The first-order chi connectivity index (χ1) is 6.33. The summed E-state index contributed by atoms with van der Waals surface area (Å²) in [6.45, 7) is 13.9. The van der Waals surface area contributed by atoms with Crippen LogP contribution in [0.25, 0.3) is 0 Å². The lowest BCUT2D eigenvalue weighted by atomic mass is 9.93. The van der Waals surface area contributed by atoms with Crippen LogP contribution in [0.15, 0.2) is 0 Å². The number of hydrogen-bond acceptors (Lipinski definition) is 1. The third-order valence-corrected chi connectivity index (χ3v) is 2.95. The summed E-state index contributed by atoms with van der Waals surface area (Å²) in [5.41, 5.74) is 1.10. The first-order valence-electron chi connectivity index (χ1n) is 6.04. The normalized spacial score (nSPS) is 20.1. The maximum atomic E-state index is 3.63. The van der Waals surface area contributed by atoms with Crippen molar-refractivity contribution < 1.29 is 0 Å². The maximum absolute atomic E-state index is 3.63. The average Bonchev–Trinajstić information content (AvgIpc) is 2.64. The Balaban J connectivity index is 2.18. The van der Waals surface area contributed by atoms with Gasteiger partial charge in [0.15, 0.2) is 0 Å². The summed E-state index contributed by atoms with van der Waals surface area (Å²) in [6.07, 6.45) is 4.30. The molecule has 1 rings (SSSR count). The third kappa shape index (κ3) is 4.45. The van der Waals surface area contributed by atoms with Crippen molar-refractivity contribution >= 4 is 0 Å². The smallest absolute Gasteiger partial charge is 0.000814 e. The van der Waals surface area contributed by atoms with Crippen LogP contribution in [0.5, 0.6) is 0 Å². The number of hydrogen-bond donors (Lipinski definition) is 1. The molecule has 1 heteroatoms. The van der Waals surface area contributed by atoms with Crippen LogP contribution in [0.1, 0.15) is 53.9 Å². The fourth-order valence-electron chi connectivity index (χ4n) is 2.20. The van der Waals surface area contributed by atoms with Crippen LogP contribution in [0, 0.1) is 16.7 Å². The Hall–Kier alpha value is -0.0400. The zero-order chi connectivity index (χ0) is 10.8. The summed E-state index contributed by atoms with van der Waals surface area (Å²) in [7, 11) is 0. The molecule has 0 spiro atoms. The third-order valence-electron chi connectivity index (χ3n) is 2.95. The van der Waals surface area contributed by atoms with Crippen molar-refractivity contribution in [2.45, 2.75) is 53.9 Å². The Morgan fingerprint density at radius 2 is 1.79 bits per heavy atom. The van der Waals surface area contributed by atoms with E-state index >= 15 is 0 Å². The van der Waals surface area contributed by atoms with Gasteiger partial charge in [0.1, 0.15) is 0 Å². The van der Waals surface area contributed by atoms with Gasteiger partial charge in [-0.3, -0.25) is 0 Å². The van der Waals surface area contributed by atoms with Gasteiger partial charge in [-0.2, -0.15) is 0 Å². The first kappa shape index (κ1) is 12.0. The Bertz CT molecular complexity index is 172. The molecule has 0 aromatic carbocycles. The second-order valence-electron chi connectivity index (χ2n) is 6.76. The van der Waals surface area contributed by atoms with E-state index in [0.717, 1.165) is 12.5 Å². The van der Waals surface area contributed by atoms with E-state index in [1.54, 1.807) is 0 Å². The van der Waals surface area contributed by atoms with Crippen molar-refractivity contribution in [3.8, 4) is 0 Å². The van der Waals surface area contributed by atoms with Gasteiger partial charge >= 0.3 is 0 Å². The number of rotatable bonds is 5. The summed E-state index contributed by atoms with van der Waals surface area (Å²) in [5.74, 6) is 0.855. The van der Waals surface area contributed by atoms with Crippen molar-refractivity contribution in [2.75, 3.05) is 13.1 Å². The van der Waals surface area contributed by atoms with Crippen LogP contribution in [0.2, 0.25) is 0 Å². The Labute approximate surface area is 89.7 Å². The van der Waals surface area contributed by atoms with Crippen LogP contribution >= 0.6 is 0 Å². The molecular formula is C13H27N. The van der Waals surface area contributed by atoms with E-state index in [4.69, 9.17) is 0 Å². The predicted molar refractivity (Wildman–Crippen MR) is 63.4 cm³/mol. The Morgan fingerprint density at radius 1 is 1.21 bits per heavy atom. The van der Waals surface area contributed by atoms with Crippen molar-refractivity contribution in [2.24, 2.45) is 16.7 Å². The molecule has 1 aliphatic carbocycles. The average molecular weight is 197 g/mol. The van der Waals surface area contributed by atoms with Crippen molar-refractivity contribution in [1.82, 2.24) is 5.32 Å². The molecule has 0 unspecified atom stereocenters. The monoisotopic (exact) mass is 197 g/mol. The molecule has 0 aliphatic heterocycles. The van der Waals surface area contributed by atoms with E-state index in [-0.39, 0.29) is 0 Å². The number of nitrogens with one attached hydrogen (secondary N) is 1. The summed E-state index contributed by atoms with van der Waals surface area (Å²) in [4.78, 5) is 0. The lowest BCUT2D eigenvalue weighted by Crippen LogP contribution is -2.32. The molecule has 0 heterocycles. The molecule has 84 valence electrons. The zero-order valence-electron chi connectivity index (χ0n) is 10.6. The van der Waals surface area contributed by atoms with Gasteiger partial charge in [-0.15, -0.1) is 0 Å². The van der Waals surface area contributed by atoms with Crippen LogP contribution in [0.3, 0.4) is 0 Å². The lowest BCUT2D eigenvalue weighted by molar-refractivity contribution is 0.322. The van der Waals surface area contributed by atoms with Crippen LogP contribution in [0.4, 0.5) is 0 Å². The molecule has 0 bridgehead atoms. The lowest BCUT2D eigenvalue weighted by Gasteiger charge is -2.23. The molecule has 0 aromatic rings. The van der Waals surface area contributed by atoms with Gasteiger partial charge in [-0.25, -0.2) is 0 Å². The first-order valence-corrected chi connectivity index (χ1v) is 6.04. The van der Waals surface area contributed by atoms with Gasteiger partial charge in [0, 0.05) is 13.1 Å². The van der Waals surface area contributed by atoms with Crippen LogP contribution < -0.4 is 5.32 Å². The van der Waals surface area contributed by atoms with Crippen molar-refractivity contribution in [3.05, 3.63) is 0 Å². The van der Waals surface area contributed by atoms with Gasteiger partial charge in [0.2, 0.25) is 0 Å². The molecule has 1 aliphatic rings. The highest BCUT2D eigenvalue weighted by Gasteiger charge is 2.42. The maximum Gasteiger partial charge on any atom is 0.000814 e. The summed E-state index contributed by atoms with van der Waals surface area (Å²) >= 11 is 0. The van der Waals surface area contributed by atoms with Gasteiger partial charge in [0.05, 0.1) is 0 Å². The van der Waals surface area contributed by atoms with Gasteiger partial charge in [-0.05, 0) is 36.0 Å². The minimum atomic E-state index is 0.425. The minimum absolute atomic E-state index is 0.425. The SMILES string of the molecule is CC(C)CC1(CNCC(C)(C)C)CC1. The summed E-state index contributed by atoms with van der Waals surface area (Å²) < 4.78 is 0. The van der Waals surface area contributed by atoms with E-state index in [2.05, 4.69) is 39.9 Å². The molecular weight excluding hydrogens is 170 g/mol. The molecule has 1 nitrogen and oxygen atoms in total. The molecule has 0 saturated heterocycles. The molecule has 0 aromatic heterocycles. The standard InChI is InChI=1S/C13H27N/c1-11(2)8-13(6-7-13)10-14-9-12(3,4)5/h11,14H,6-10H2,1-5H3. The van der Waals surface area contributed by atoms with Crippen molar-refractivity contribution in [3.63, 3.8) is 0 Å². The molecule has 1 N–H and O–H groups in total. The van der Waals surface area contributed by atoms with E-state index < -0.39 is 0 Å². The van der Waals surface area contributed by atoms with Gasteiger partial charge < -0.3 is 5.32 Å². The van der Waals surface area contributed by atoms with E-state index in [1.165, 1.54) is 25.8 Å². The Kier molecular flexibility index (Phi) is 3.63. The van der Waals surface area contributed by atoms with E-state index in [0.29, 0.717) is 10.8 Å². The summed E-state index contributed by atoms with van der Waals surface area (Å²) in [6, 6.07) is 0. The predicted octanol–water partition coefficient (Wildman–Crippen LogP) is 3.45. The van der Waals surface area contributed by atoms with E-state index in [1.807, 2.05) is 0 Å². The highest BCUT2D eigenvalue weighted by atomic mass is 14.9. The minimum Gasteiger partial charge on any atom is -0.316 e. The highest BCUT2D eigenvalue weighted by molar-refractivity contribution is 4.95. The van der Waals surface area contributed by atoms with E-state index in [9.17, 15) is 0 Å². The second-order valence-corrected chi connectivity index (χ2v) is 6.76. The second kappa shape index (κ2) is 4.22. The molecule has 0 radical (unpaired) electrons. The van der Waals surface area contributed by atoms with Crippen LogP contribution in [-0.4, -0.2) is 13.1 Å². The quantitative estimate of drug-likeness (QED) is 0.712. The summed E-state index contributed by atoms with van der Waals surface area (Å²) in [5, 5.41) is 3.63. The molecule has 0 atom stereocenters. The molecule has 1 fully saturated rings. The molecule has 1 saturated carbocycles. The Morgan fingerprint density at radius 3 is 2.14 bits per heavy atom. The van der Waals surface area contributed by atoms with Crippen molar-refractivity contribution in [1.29, 1.82) is 0 Å².